The van der Waals surface area contributed by atoms with Crippen LogP contribution in [0.25, 0.3) is 11.1 Å². The van der Waals surface area contributed by atoms with Gasteiger partial charge >= 0.3 is 0 Å². The molecule has 0 heterocycles. The maximum atomic E-state index is 5.79. The van der Waals surface area contributed by atoms with E-state index in [1.165, 1.54) is 11.1 Å². The molecule has 0 fully saturated rings. The van der Waals surface area contributed by atoms with Crippen molar-refractivity contribution in [1.29, 1.82) is 0 Å². The zero-order valence-electron chi connectivity index (χ0n) is 12.4. The van der Waals surface area contributed by atoms with Crippen molar-refractivity contribution >= 4 is 0 Å². The Morgan fingerprint density at radius 2 is 1.30 bits per heavy atom. The summed E-state index contributed by atoms with van der Waals surface area (Å²) in [4.78, 5) is 0. The normalized spacial score (nSPS) is 11.9. The Hall–Kier alpha value is -1.96. The van der Waals surface area contributed by atoms with Gasteiger partial charge in [0.05, 0.1) is 12.7 Å². The summed E-state index contributed by atoms with van der Waals surface area (Å²) in [5, 5.41) is 0. The molecular formula is C18H22O2. The first-order valence-corrected chi connectivity index (χ1v) is 7.23. The molecule has 20 heavy (non-hydrogen) atoms. The van der Waals surface area contributed by atoms with Crippen molar-refractivity contribution in [2.24, 2.45) is 0 Å². The van der Waals surface area contributed by atoms with Crippen molar-refractivity contribution < 1.29 is 9.47 Å². The van der Waals surface area contributed by atoms with Crippen LogP contribution in [0.15, 0.2) is 48.5 Å². The van der Waals surface area contributed by atoms with Crippen LogP contribution < -0.4 is 9.47 Å². The number of ether oxygens (including phenoxy) is 2. The van der Waals surface area contributed by atoms with Crippen LogP contribution in [-0.2, 0) is 0 Å². The lowest BCUT2D eigenvalue weighted by Crippen LogP contribution is -2.09. The van der Waals surface area contributed by atoms with E-state index in [1.807, 2.05) is 31.2 Å². The van der Waals surface area contributed by atoms with Gasteiger partial charge in [0.15, 0.2) is 0 Å². The summed E-state index contributed by atoms with van der Waals surface area (Å²) in [6, 6.07) is 16.4. The van der Waals surface area contributed by atoms with Crippen molar-refractivity contribution in [1.82, 2.24) is 0 Å². The molecule has 2 aromatic rings. The van der Waals surface area contributed by atoms with E-state index < -0.39 is 0 Å². The van der Waals surface area contributed by atoms with E-state index in [-0.39, 0.29) is 6.10 Å². The maximum Gasteiger partial charge on any atom is 0.119 e. The smallest absolute Gasteiger partial charge is 0.119 e. The van der Waals surface area contributed by atoms with Crippen LogP contribution in [0.3, 0.4) is 0 Å². The van der Waals surface area contributed by atoms with Gasteiger partial charge < -0.3 is 9.47 Å². The van der Waals surface area contributed by atoms with E-state index in [0.717, 1.165) is 17.9 Å². The predicted molar refractivity (Wildman–Crippen MR) is 83.4 cm³/mol. The molecule has 0 aliphatic carbocycles. The summed E-state index contributed by atoms with van der Waals surface area (Å²) < 4.78 is 11.2. The number of hydrogen-bond donors (Lipinski definition) is 0. The van der Waals surface area contributed by atoms with Gasteiger partial charge in [-0.15, -0.1) is 0 Å². The van der Waals surface area contributed by atoms with E-state index in [1.54, 1.807) is 0 Å². The largest absolute Gasteiger partial charge is 0.494 e. The molecule has 0 aliphatic rings. The van der Waals surface area contributed by atoms with Gasteiger partial charge in [-0.2, -0.15) is 0 Å². The Morgan fingerprint density at radius 1 is 0.800 bits per heavy atom. The standard InChI is InChI=1S/C18H22O2/c1-4-14(3)20-18-12-8-16(9-13-18)15-6-10-17(11-7-15)19-5-2/h6-14H,4-5H2,1-3H3. The molecule has 0 bridgehead atoms. The summed E-state index contributed by atoms with van der Waals surface area (Å²) in [5.41, 5.74) is 2.37. The fourth-order valence-corrected chi connectivity index (χ4v) is 1.95. The lowest BCUT2D eigenvalue weighted by Gasteiger charge is -2.13. The van der Waals surface area contributed by atoms with Gasteiger partial charge in [0.25, 0.3) is 0 Å². The van der Waals surface area contributed by atoms with Crippen LogP contribution in [-0.4, -0.2) is 12.7 Å². The van der Waals surface area contributed by atoms with E-state index in [4.69, 9.17) is 9.47 Å². The van der Waals surface area contributed by atoms with E-state index in [2.05, 4.69) is 38.1 Å². The topological polar surface area (TPSA) is 18.5 Å². The van der Waals surface area contributed by atoms with Crippen molar-refractivity contribution in [3.05, 3.63) is 48.5 Å². The molecule has 0 N–H and O–H groups in total. The lowest BCUT2D eigenvalue weighted by molar-refractivity contribution is 0.217. The second-order valence-electron chi connectivity index (χ2n) is 4.82. The van der Waals surface area contributed by atoms with Crippen LogP contribution in [0.1, 0.15) is 27.2 Å². The van der Waals surface area contributed by atoms with Gasteiger partial charge in [0.2, 0.25) is 0 Å². The average molecular weight is 270 g/mol. The van der Waals surface area contributed by atoms with Gasteiger partial charge in [0.1, 0.15) is 11.5 Å². The van der Waals surface area contributed by atoms with E-state index in [9.17, 15) is 0 Å². The quantitative estimate of drug-likeness (QED) is 0.741. The minimum absolute atomic E-state index is 0.256. The monoisotopic (exact) mass is 270 g/mol. The van der Waals surface area contributed by atoms with Gasteiger partial charge in [-0.1, -0.05) is 31.2 Å². The summed E-state index contributed by atoms with van der Waals surface area (Å²) in [7, 11) is 0. The Kier molecular flexibility index (Phi) is 5.05. The lowest BCUT2D eigenvalue weighted by atomic mass is 10.1. The molecule has 0 aliphatic heterocycles. The zero-order chi connectivity index (χ0) is 14.4. The second kappa shape index (κ2) is 6.99. The van der Waals surface area contributed by atoms with Crippen LogP contribution in [0.4, 0.5) is 0 Å². The molecule has 1 atom stereocenters. The van der Waals surface area contributed by atoms with E-state index >= 15 is 0 Å². The number of rotatable bonds is 6. The highest BCUT2D eigenvalue weighted by Gasteiger charge is 2.02. The third-order valence-electron chi connectivity index (χ3n) is 3.27. The molecular weight excluding hydrogens is 248 g/mol. The highest BCUT2D eigenvalue weighted by atomic mass is 16.5. The molecule has 106 valence electrons. The molecule has 2 nitrogen and oxygen atoms in total. The second-order valence-corrected chi connectivity index (χ2v) is 4.82. The van der Waals surface area contributed by atoms with Crippen LogP contribution >= 0.6 is 0 Å². The minimum Gasteiger partial charge on any atom is -0.494 e. The fourth-order valence-electron chi connectivity index (χ4n) is 1.95. The Morgan fingerprint density at radius 3 is 1.75 bits per heavy atom. The molecule has 0 radical (unpaired) electrons. The first kappa shape index (κ1) is 14.4. The Labute approximate surface area is 121 Å². The van der Waals surface area contributed by atoms with Crippen molar-refractivity contribution in [3.8, 4) is 22.6 Å². The van der Waals surface area contributed by atoms with Crippen molar-refractivity contribution in [3.63, 3.8) is 0 Å². The zero-order valence-corrected chi connectivity index (χ0v) is 12.4. The molecule has 0 aromatic heterocycles. The first-order valence-electron chi connectivity index (χ1n) is 7.23. The first-order chi connectivity index (χ1) is 9.72. The third-order valence-corrected chi connectivity index (χ3v) is 3.27. The van der Waals surface area contributed by atoms with Crippen LogP contribution in [0.2, 0.25) is 0 Å². The molecule has 2 rings (SSSR count). The maximum absolute atomic E-state index is 5.79. The summed E-state index contributed by atoms with van der Waals surface area (Å²) in [6.45, 7) is 6.89. The summed E-state index contributed by atoms with van der Waals surface area (Å²) in [6.07, 6.45) is 1.27. The highest BCUT2D eigenvalue weighted by Crippen LogP contribution is 2.25. The SMILES string of the molecule is CCOc1ccc(-c2ccc(OC(C)CC)cc2)cc1. The van der Waals surface area contributed by atoms with E-state index in [0.29, 0.717) is 6.61 Å². The predicted octanol–water partition coefficient (Wildman–Crippen LogP) is 4.93. The Bertz CT molecular complexity index is 514. The molecule has 1 unspecified atom stereocenters. The van der Waals surface area contributed by atoms with Crippen molar-refractivity contribution in [2.45, 2.75) is 33.3 Å². The molecule has 0 saturated carbocycles. The average Bonchev–Trinajstić information content (AvgIpc) is 2.49. The van der Waals surface area contributed by atoms with Crippen LogP contribution in [0, 0.1) is 0 Å². The fraction of sp³-hybridized carbons (Fsp3) is 0.333. The van der Waals surface area contributed by atoms with Gasteiger partial charge in [-0.05, 0) is 55.7 Å². The number of benzene rings is 2. The van der Waals surface area contributed by atoms with Gasteiger partial charge in [-0.25, -0.2) is 0 Å². The minimum atomic E-state index is 0.256. The molecule has 0 saturated heterocycles. The number of hydrogen-bond acceptors (Lipinski definition) is 2. The van der Waals surface area contributed by atoms with Gasteiger partial charge in [0, 0.05) is 0 Å². The highest BCUT2D eigenvalue weighted by molar-refractivity contribution is 5.64. The summed E-state index contributed by atoms with van der Waals surface area (Å²) in [5.74, 6) is 1.84. The molecule has 0 spiro atoms. The summed E-state index contributed by atoms with van der Waals surface area (Å²) >= 11 is 0. The van der Waals surface area contributed by atoms with Crippen molar-refractivity contribution in [2.75, 3.05) is 6.61 Å². The Balaban J connectivity index is 2.09. The molecule has 2 heteroatoms. The van der Waals surface area contributed by atoms with Gasteiger partial charge in [-0.3, -0.25) is 0 Å². The molecule has 0 amide bonds. The van der Waals surface area contributed by atoms with Crippen LogP contribution in [0.5, 0.6) is 11.5 Å². The third kappa shape index (κ3) is 3.77. The molecule has 2 aromatic carbocycles.